The van der Waals surface area contributed by atoms with Gasteiger partial charge in [0, 0.05) is 19.2 Å². The molecule has 2 N–H and O–H groups in total. The molecule has 21 heavy (non-hydrogen) atoms. The van der Waals surface area contributed by atoms with Crippen molar-refractivity contribution in [3.05, 3.63) is 29.8 Å². The maximum absolute atomic E-state index is 10.0. The first kappa shape index (κ1) is 18.0. The van der Waals surface area contributed by atoms with Crippen LogP contribution in [-0.2, 0) is 4.74 Å². The molecule has 120 valence electrons. The van der Waals surface area contributed by atoms with Crippen LogP contribution in [0, 0.1) is 12.8 Å². The number of hydrogen-bond acceptors (Lipinski definition) is 4. The molecular formula is C17H29NO3. The third-order valence-electron chi connectivity index (χ3n) is 3.35. The zero-order valence-electron chi connectivity index (χ0n) is 13.6. The zero-order valence-corrected chi connectivity index (χ0v) is 13.6. The highest BCUT2D eigenvalue weighted by atomic mass is 16.5. The van der Waals surface area contributed by atoms with Crippen molar-refractivity contribution in [2.24, 2.45) is 5.92 Å². The van der Waals surface area contributed by atoms with Gasteiger partial charge in [0.05, 0.1) is 6.61 Å². The van der Waals surface area contributed by atoms with Crippen LogP contribution in [0.3, 0.4) is 0 Å². The molecule has 0 bridgehead atoms. The third kappa shape index (κ3) is 7.46. The number of nitrogens with one attached hydrogen (secondary N) is 1. The fraction of sp³-hybridized carbons (Fsp3) is 0.647. The summed E-state index contributed by atoms with van der Waals surface area (Å²) < 4.78 is 11.1. The lowest BCUT2D eigenvalue weighted by atomic mass is 10.1. The zero-order chi connectivity index (χ0) is 15.7. The van der Waals surface area contributed by atoms with Gasteiger partial charge >= 0.3 is 0 Å². The molecule has 1 aromatic rings. The predicted molar refractivity (Wildman–Crippen MR) is 85.8 cm³/mol. The van der Waals surface area contributed by atoms with Crippen molar-refractivity contribution in [1.29, 1.82) is 0 Å². The molecule has 2 atom stereocenters. The summed E-state index contributed by atoms with van der Waals surface area (Å²) in [6, 6.07) is 8.09. The van der Waals surface area contributed by atoms with E-state index in [1.165, 1.54) is 0 Å². The maximum Gasteiger partial charge on any atom is 0.119 e. The molecule has 0 saturated heterocycles. The van der Waals surface area contributed by atoms with E-state index in [1.807, 2.05) is 38.1 Å². The molecule has 0 aliphatic rings. The lowest BCUT2D eigenvalue weighted by Gasteiger charge is -2.23. The fourth-order valence-corrected chi connectivity index (χ4v) is 1.98. The second kappa shape index (κ2) is 9.77. The fourth-order valence-electron chi connectivity index (χ4n) is 1.98. The molecule has 0 heterocycles. The first-order valence-corrected chi connectivity index (χ1v) is 7.71. The summed E-state index contributed by atoms with van der Waals surface area (Å²) in [5.74, 6) is 1.25. The van der Waals surface area contributed by atoms with Crippen LogP contribution in [0.5, 0.6) is 5.75 Å². The highest BCUT2D eigenvalue weighted by Gasteiger charge is 2.15. The third-order valence-corrected chi connectivity index (χ3v) is 3.35. The van der Waals surface area contributed by atoms with Gasteiger partial charge in [-0.3, -0.25) is 0 Å². The van der Waals surface area contributed by atoms with Gasteiger partial charge in [-0.25, -0.2) is 0 Å². The van der Waals surface area contributed by atoms with Gasteiger partial charge in [-0.05, 0) is 37.5 Å². The van der Waals surface area contributed by atoms with E-state index in [4.69, 9.17) is 9.47 Å². The smallest absolute Gasteiger partial charge is 0.119 e. The molecular weight excluding hydrogens is 266 g/mol. The van der Waals surface area contributed by atoms with Gasteiger partial charge in [0.25, 0.3) is 0 Å². The van der Waals surface area contributed by atoms with Crippen LogP contribution in [0.1, 0.15) is 26.3 Å². The number of aliphatic hydroxyl groups is 1. The molecule has 4 nitrogen and oxygen atoms in total. The summed E-state index contributed by atoms with van der Waals surface area (Å²) in [5.41, 5.74) is 1.15. The van der Waals surface area contributed by atoms with Gasteiger partial charge in [0.2, 0.25) is 0 Å². The number of aliphatic hydroxyl groups excluding tert-OH is 1. The number of aryl methyl sites for hydroxylation is 1. The number of ether oxygens (including phenoxy) is 2. The summed E-state index contributed by atoms with van der Waals surface area (Å²) in [6.45, 7) is 10.5. The molecule has 0 aliphatic heterocycles. The van der Waals surface area contributed by atoms with E-state index in [0.29, 0.717) is 25.7 Å². The molecule has 0 radical (unpaired) electrons. The molecule has 2 unspecified atom stereocenters. The Balaban J connectivity index is 2.30. The van der Waals surface area contributed by atoms with E-state index < -0.39 is 6.10 Å². The van der Waals surface area contributed by atoms with E-state index in [1.54, 1.807) is 0 Å². The summed E-state index contributed by atoms with van der Waals surface area (Å²) in [5, 5.41) is 13.4. The highest BCUT2D eigenvalue weighted by Crippen LogP contribution is 2.12. The van der Waals surface area contributed by atoms with Crippen LogP contribution in [0.25, 0.3) is 0 Å². The first-order chi connectivity index (χ1) is 10.0. The highest BCUT2D eigenvalue weighted by molar-refractivity contribution is 5.27. The van der Waals surface area contributed by atoms with Gasteiger partial charge in [-0.15, -0.1) is 0 Å². The van der Waals surface area contributed by atoms with E-state index in [0.717, 1.165) is 11.3 Å². The summed E-state index contributed by atoms with van der Waals surface area (Å²) >= 11 is 0. The second-order valence-corrected chi connectivity index (χ2v) is 5.70. The van der Waals surface area contributed by atoms with Crippen molar-refractivity contribution in [2.75, 3.05) is 26.4 Å². The number of rotatable bonds is 10. The minimum atomic E-state index is -0.534. The quantitative estimate of drug-likeness (QED) is 0.696. The number of benzene rings is 1. The molecule has 0 spiro atoms. The summed E-state index contributed by atoms with van der Waals surface area (Å²) in [7, 11) is 0. The average molecular weight is 295 g/mol. The van der Waals surface area contributed by atoms with E-state index in [2.05, 4.69) is 19.2 Å². The Bertz CT molecular complexity index is 395. The lowest BCUT2D eigenvalue weighted by molar-refractivity contribution is 0.0798. The Morgan fingerprint density at radius 3 is 2.62 bits per heavy atom. The van der Waals surface area contributed by atoms with Crippen LogP contribution >= 0.6 is 0 Å². The van der Waals surface area contributed by atoms with E-state index in [9.17, 15) is 5.11 Å². The molecule has 4 heteroatoms. The van der Waals surface area contributed by atoms with Crippen molar-refractivity contribution in [3.8, 4) is 5.75 Å². The van der Waals surface area contributed by atoms with Crippen LogP contribution in [0.4, 0.5) is 0 Å². The van der Waals surface area contributed by atoms with Crippen molar-refractivity contribution in [1.82, 2.24) is 5.32 Å². The monoisotopic (exact) mass is 295 g/mol. The Kier molecular flexibility index (Phi) is 8.35. The summed E-state index contributed by atoms with van der Waals surface area (Å²) in [4.78, 5) is 0. The van der Waals surface area contributed by atoms with Crippen LogP contribution in [0.15, 0.2) is 24.3 Å². The van der Waals surface area contributed by atoms with E-state index >= 15 is 0 Å². The van der Waals surface area contributed by atoms with Crippen molar-refractivity contribution < 1.29 is 14.6 Å². The first-order valence-electron chi connectivity index (χ1n) is 7.71. The minimum absolute atomic E-state index is 0.249. The van der Waals surface area contributed by atoms with Crippen LogP contribution in [0.2, 0.25) is 0 Å². The van der Waals surface area contributed by atoms with Crippen molar-refractivity contribution in [3.63, 3.8) is 0 Å². The second-order valence-electron chi connectivity index (χ2n) is 5.70. The molecule has 0 aromatic heterocycles. The largest absolute Gasteiger partial charge is 0.491 e. The van der Waals surface area contributed by atoms with Gasteiger partial charge in [-0.1, -0.05) is 26.0 Å². The average Bonchev–Trinajstić information content (AvgIpc) is 2.45. The van der Waals surface area contributed by atoms with E-state index in [-0.39, 0.29) is 12.6 Å². The molecule has 1 aromatic carbocycles. The van der Waals surface area contributed by atoms with Gasteiger partial charge in [0.1, 0.15) is 18.5 Å². The molecule has 0 fully saturated rings. The molecule has 1 rings (SSSR count). The van der Waals surface area contributed by atoms with Gasteiger partial charge < -0.3 is 19.9 Å². The van der Waals surface area contributed by atoms with Crippen molar-refractivity contribution >= 4 is 0 Å². The maximum atomic E-state index is 10.0. The molecule has 0 saturated carbocycles. The Hall–Kier alpha value is -1.10. The molecule has 0 amide bonds. The minimum Gasteiger partial charge on any atom is -0.491 e. The lowest BCUT2D eigenvalue weighted by Crippen LogP contribution is -2.43. The Morgan fingerprint density at radius 1 is 1.24 bits per heavy atom. The van der Waals surface area contributed by atoms with Crippen LogP contribution in [-0.4, -0.2) is 43.6 Å². The number of hydrogen-bond donors (Lipinski definition) is 2. The van der Waals surface area contributed by atoms with Gasteiger partial charge in [0.15, 0.2) is 0 Å². The van der Waals surface area contributed by atoms with Gasteiger partial charge in [-0.2, -0.15) is 0 Å². The normalized spacial score (nSPS) is 14.2. The summed E-state index contributed by atoms with van der Waals surface area (Å²) in [6.07, 6.45) is -0.534. The SMILES string of the molecule is CCOCC(NCC(O)COc1cccc(C)c1)C(C)C. The molecule has 0 aliphatic carbocycles. The Morgan fingerprint density at radius 2 is 2.00 bits per heavy atom. The topological polar surface area (TPSA) is 50.7 Å². The van der Waals surface area contributed by atoms with Crippen LogP contribution < -0.4 is 10.1 Å². The standard InChI is InChI=1S/C17H29NO3/c1-5-20-12-17(13(2)3)18-10-15(19)11-21-16-8-6-7-14(4)9-16/h6-9,13,15,17-19H,5,10-12H2,1-4H3. The van der Waals surface area contributed by atoms with Crippen molar-refractivity contribution in [2.45, 2.75) is 39.8 Å². The Labute approximate surface area is 128 Å². The predicted octanol–water partition coefficient (Wildman–Crippen LogP) is 2.39.